The molecule has 1 heterocycles. The summed E-state index contributed by atoms with van der Waals surface area (Å²) in [5.74, 6) is 0. The van der Waals surface area contributed by atoms with Crippen LogP contribution < -0.4 is 4.89 Å². The SMILES string of the molecule is [3H]C1C[C@@H](O[P+](=O)[O-])[C@@H](CC)O1. The van der Waals surface area contributed by atoms with Crippen LogP contribution in [0.15, 0.2) is 0 Å². The van der Waals surface area contributed by atoms with Gasteiger partial charge in [-0.05, 0) is 11.0 Å². The minimum absolute atomic E-state index is 0.250. The molecule has 0 spiro atoms. The quantitative estimate of drug-likeness (QED) is 0.596. The summed E-state index contributed by atoms with van der Waals surface area (Å²) in [6, 6.07) is 0. The Labute approximate surface area is 67.9 Å². The predicted molar refractivity (Wildman–Crippen MR) is 37.1 cm³/mol. The van der Waals surface area contributed by atoms with Gasteiger partial charge < -0.3 is 9.63 Å². The van der Waals surface area contributed by atoms with Crippen molar-refractivity contribution in [1.82, 2.24) is 0 Å². The van der Waals surface area contributed by atoms with Gasteiger partial charge in [-0.25, -0.2) is 0 Å². The van der Waals surface area contributed by atoms with E-state index in [1.807, 2.05) is 6.92 Å². The maximum absolute atomic E-state index is 10.2. The van der Waals surface area contributed by atoms with Crippen LogP contribution >= 0.6 is 8.25 Å². The summed E-state index contributed by atoms with van der Waals surface area (Å²) in [5.41, 5.74) is 0. The molecule has 0 bridgehead atoms. The van der Waals surface area contributed by atoms with E-state index in [9.17, 15) is 9.46 Å². The Morgan fingerprint density at radius 1 is 2.00 bits per heavy atom. The normalized spacial score (nSPS) is 40.4. The summed E-state index contributed by atoms with van der Waals surface area (Å²) in [6.07, 6.45) is 0.296. The zero-order chi connectivity index (χ0) is 9.14. The third-order valence-electron chi connectivity index (χ3n) is 1.64. The highest BCUT2D eigenvalue weighted by atomic mass is 31.1. The minimum Gasteiger partial charge on any atom is -0.566 e. The van der Waals surface area contributed by atoms with Crippen molar-refractivity contribution < 1.29 is 20.1 Å². The summed E-state index contributed by atoms with van der Waals surface area (Å²) in [6.45, 7) is 1.23. The van der Waals surface area contributed by atoms with Crippen LogP contribution in [-0.4, -0.2) is 18.8 Å². The molecule has 0 saturated carbocycles. The van der Waals surface area contributed by atoms with Crippen molar-refractivity contribution in [3.05, 3.63) is 0 Å². The standard InChI is InChI=1S/C6H11O4P/c1-2-5-6(3-4-9-5)10-11(7)8/h5-6H,2-4H2,1H3/t5-,6-/m1/s1/i4T/t4?,5-,6-. The van der Waals surface area contributed by atoms with E-state index in [-0.39, 0.29) is 6.10 Å². The third kappa shape index (κ3) is 2.49. The molecule has 1 fully saturated rings. The van der Waals surface area contributed by atoms with Gasteiger partial charge in [-0.1, -0.05) is 6.92 Å². The second-order valence-corrected chi connectivity index (χ2v) is 3.01. The number of hydrogen-bond donors (Lipinski definition) is 0. The summed E-state index contributed by atoms with van der Waals surface area (Å²) in [5, 5.41) is 0. The lowest BCUT2D eigenvalue weighted by molar-refractivity contribution is -0.190. The van der Waals surface area contributed by atoms with Crippen molar-refractivity contribution in [3.8, 4) is 0 Å². The molecule has 4 atom stereocenters. The van der Waals surface area contributed by atoms with Crippen LogP contribution in [-0.2, 0) is 13.8 Å². The average Bonchev–Trinajstić information content (AvgIpc) is 2.29. The van der Waals surface area contributed by atoms with Crippen LogP contribution in [0.3, 0.4) is 0 Å². The van der Waals surface area contributed by atoms with Gasteiger partial charge in [-0.2, -0.15) is 0 Å². The molecule has 1 saturated heterocycles. The second-order valence-electron chi connectivity index (χ2n) is 2.35. The Kier molecular flexibility index (Phi) is 2.85. The molecule has 1 aliphatic heterocycles. The Morgan fingerprint density at radius 3 is 3.27 bits per heavy atom. The van der Waals surface area contributed by atoms with Crippen molar-refractivity contribution in [1.29, 1.82) is 0 Å². The summed E-state index contributed by atoms with van der Waals surface area (Å²) < 4.78 is 27.2. The van der Waals surface area contributed by atoms with Gasteiger partial charge in [0.2, 0.25) is 0 Å². The molecule has 0 aliphatic carbocycles. The largest absolute Gasteiger partial charge is 0.566 e. The molecular formula is C6H11O4P. The van der Waals surface area contributed by atoms with Gasteiger partial charge in [0.25, 0.3) is 0 Å². The third-order valence-corrected chi connectivity index (χ3v) is 2.08. The zero-order valence-electron chi connectivity index (χ0n) is 7.23. The van der Waals surface area contributed by atoms with E-state index in [0.29, 0.717) is 12.8 Å². The fourth-order valence-electron chi connectivity index (χ4n) is 1.09. The Morgan fingerprint density at radius 2 is 2.73 bits per heavy atom. The molecule has 0 aromatic heterocycles. The van der Waals surface area contributed by atoms with Crippen LogP contribution in [0.2, 0.25) is 0 Å². The second kappa shape index (κ2) is 4.12. The molecule has 5 heteroatoms. The first-order valence-electron chi connectivity index (χ1n) is 4.10. The molecule has 1 rings (SSSR count). The lowest BCUT2D eigenvalue weighted by atomic mass is 10.1. The van der Waals surface area contributed by atoms with E-state index < -0.39 is 20.9 Å². The lowest BCUT2D eigenvalue weighted by Crippen LogP contribution is -2.22. The molecule has 0 aromatic rings. The van der Waals surface area contributed by atoms with Crippen molar-refractivity contribution in [2.75, 3.05) is 6.58 Å². The van der Waals surface area contributed by atoms with Crippen LogP contribution in [0.5, 0.6) is 0 Å². The molecule has 4 nitrogen and oxygen atoms in total. The van der Waals surface area contributed by atoms with Gasteiger partial charge in [0.1, 0.15) is 6.10 Å². The molecule has 2 unspecified atom stereocenters. The maximum atomic E-state index is 10.2. The Balaban J connectivity index is 2.46. The first-order valence-corrected chi connectivity index (χ1v) is 4.62. The molecule has 64 valence electrons. The molecule has 0 amide bonds. The molecule has 11 heavy (non-hydrogen) atoms. The maximum Gasteiger partial charge on any atom is 0.488 e. The van der Waals surface area contributed by atoms with E-state index in [1.165, 1.54) is 0 Å². The van der Waals surface area contributed by atoms with Gasteiger partial charge >= 0.3 is 8.25 Å². The van der Waals surface area contributed by atoms with Crippen LogP contribution in [0.1, 0.15) is 21.1 Å². The van der Waals surface area contributed by atoms with E-state index in [1.54, 1.807) is 0 Å². The minimum atomic E-state index is -2.83. The lowest BCUT2D eigenvalue weighted by Gasteiger charge is -2.10. The van der Waals surface area contributed by atoms with Crippen LogP contribution in [0, 0.1) is 0 Å². The smallest absolute Gasteiger partial charge is 0.488 e. The number of ether oxygens (including phenoxy) is 1. The summed E-state index contributed by atoms with van der Waals surface area (Å²) in [4.78, 5) is 10.2. The highest BCUT2D eigenvalue weighted by molar-refractivity contribution is 7.30. The number of hydrogen-bond acceptors (Lipinski definition) is 4. The summed E-state index contributed by atoms with van der Waals surface area (Å²) >= 11 is 0. The zero-order valence-corrected chi connectivity index (χ0v) is 7.12. The van der Waals surface area contributed by atoms with E-state index >= 15 is 0 Å². The summed E-state index contributed by atoms with van der Waals surface area (Å²) in [7, 11) is -2.83. The van der Waals surface area contributed by atoms with Crippen molar-refractivity contribution in [2.45, 2.75) is 32.0 Å². The van der Waals surface area contributed by atoms with Crippen LogP contribution in [0.25, 0.3) is 0 Å². The van der Waals surface area contributed by atoms with Crippen LogP contribution in [0.4, 0.5) is 0 Å². The van der Waals surface area contributed by atoms with Gasteiger partial charge in [-0.15, -0.1) is 4.52 Å². The Bertz CT molecular complexity index is 177. The first kappa shape index (κ1) is 7.62. The van der Waals surface area contributed by atoms with Crippen molar-refractivity contribution in [3.63, 3.8) is 0 Å². The van der Waals surface area contributed by atoms with E-state index in [4.69, 9.17) is 6.11 Å². The molecule has 0 aromatic carbocycles. The first-order chi connectivity index (χ1) is 5.63. The van der Waals surface area contributed by atoms with Gasteiger partial charge in [0.15, 0.2) is 0 Å². The monoisotopic (exact) mass is 180 g/mol. The Hall–Kier alpha value is -0.0200. The van der Waals surface area contributed by atoms with Gasteiger partial charge in [0.05, 0.1) is 7.47 Å². The topological polar surface area (TPSA) is 58.6 Å². The predicted octanol–water partition coefficient (Wildman–Crippen LogP) is 0.588. The van der Waals surface area contributed by atoms with Crippen molar-refractivity contribution >= 4 is 8.25 Å². The van der Waals surface area contributed by atoms with E-state index in [0.717, 1.165) is 0 Å². The highest BCUT2D eigenvalue weighted by Crippen LogP contribution is 2.26. The fraction of sp³-hybridized carbons (Fsp3) is 1.00. The molecule has 0 N–H and O–H groups in total. The molecule has 1 aliphatic rings. The molecule has 0 radical (unpaired) electrons. The van der Waals surface area contributed by atoms with Gasteiger partial charge in [-0.3, -0.25) is 0 Å². The average molecular weight is 180 g/mol. The number of rotatable bonds is 3. The van der Waals surface area contributed by atoms with Crippen molar-refractivity contribution in [2.24, 2.45) is 0 Å². The molecular weight excluding hydrogens is 167 g/mol. The van der Waals surface area contributed by atoms with Gasteiger partial charge in [0, 0.05) is 13.0 Å². The highest BCUT2D eigenvalue weighted by Gasteiger charge is 2.32. The van der Waals surface area contributed by atoms with E-state index in [2.05, 4.69) is 4.52 Å². The fourth-order valence-corrected chi connectivity index (χ4v) is 1.54.